The largest absolute Gasteiger partial charge is 0.496 e. The van der Waals surface area contributed by atoms with Gasteiger partial charge in [-0.3, -0.25) is 0 Å². The quantitative estimate of drug-likeness (QED) is 0.742. The number of rotatable bonds is 3. The van der Waals surface area contributed by atoms with Crippen molar-refractivity contribution in [1.29, 1.82) is 0 Å². The van der Waals surface area contributed by atoms with E-state index in [4.69, 9.17) is 4.74 Å². The fourth-order valence-corrected chi connectivity index (χ4v) is 2.37. The topological polar surface area (TPSA) is 9.23 Å². The van der Waals surface area contributed by atoms with Crippen LogP contribution >= 0.6 is 0 Å². The van der Waals surface area contributed by atoms with Gasteiger partial charge in [0.05, 0.1) is 7.11 Å². The normalized spacial score (nSPS) is 23.4. The van der Waals surface area contributed by atoms with Crippen LogP contribution in [0.2, 0.25) is 0 Å². The Morgan fingerprint density at radius 2 is 2.06 bits per heavy atom. The van der Waals surface area contributed by atoms with Crippen molar-refractivity contribution >= 4 is 0 Å². The zero-order valence-corrected chi connectivity index (χ0v) is 9.94. The molecule has 0 spiro atoms. The van der Waals surface area contributed by atoms with E-state index in [-0.39, 0.29) is 5.41 Å². The Morgan fingerprint density at radius 1 is 1.25 bits per heavy atom. The molecule has 1 heteroatoms. The average Bonchev–Trinajstić information content (AvgIpc) is 2.39. The van der Waals surface area contributed by atoms with Gasteiger partial charge in [0.15, 0.2) is 0 Å². The van der Waals surface area contributed by atoms with E-state index in [1.807, 2.05) is 12.1 Å². The second-order valence-corrected chi connectivity index (χ2v) is 4.20. The number of hydrogen-bond donors (Lipinski definition) is 0. The first-order valence-corrected chi connectivity index (χ1v) is 5.80. The third-order valence-electron chi connectivity index (χ3n) is 3.42. The molecule has 0 heterocycles. The molecule has 0 bridgehead atoms. The lowest BCUT2D eigenvalue weighted by molar-refractivity contribution is 0.392. The van der Waals surface area contributed by atoms with Gasteiger partial charge in [-0.25, -0.2) is 0 Å². The first-order chi connectivity index (χ1) is 7.82. The molecule has 0 aromatic heterocycles. The molecule has 0 saturated heterocycles. The zero-order chi connectivity index (χ0) is 11.4. The van der Waals surface area contributed by atoms with Crippen LogP contribution in [0.3, 0.4) is 0 Å². The molecule has 0 fully saturated rings. The second-order valence-electron chi connectivity index (χ2n) is 4.20. The van der Waals surface area contributed by atoms with Gasteiger partial charge in [0.1, 0.15) is 5.75 Å². The Labute approximate surface area is 97.4 Å². The standard InChI is InChI=1S/C15H18O/c1-3-15(11-7-4-8-12-15)13-9-5-6-10-14(13)16-2/h4-11H,3,12H2,1-2H3. The van der Waals surface area contributed by atoms with E-state index in [0.29, 0.717) is 0 Å². The van der Waals surface area contributed by atoms with Gasteiger partial charge in [-0.05, 0) is 18.9 Å². The van der Waals surface area contributed by atoms with Crippen LogP contribution in [-0.2, 0) is 5.41 Å². The monoisotopic (exact) mass is 214 g/mol. The van der Waals surface area contributed by atoms with Gasteiger partial charge in [-0.1, -0.05) is 49.4 Å². The van der Waals surface area contributed by atoms with Crippen molar-refractivity contribution < 1.29 is 4.74 Å². The van der Waals surface area contributed by atoms with Crippen LogP contribution in [0.4, 0.5) is 0 Å². The molecule has 0 radical (unpaired) electrons. The molecule has 1 atom stereocenters. The van der Waals surface area contributed by atoms with Gasteiger partial charge in [0.25, 0.3) is 0 Å². The number of ether oxygens (including phenoxy) is 1. The van der Waals surface area contributed by atoms with Crippen LogP contribution in [0.15, 0.2) is 48.6 Å². The number of benzene rings is 1. The Balaban J connectivity index is 2.48. The molecule has 1 nitrogen and oxygen atoms in total. The molecule has 1 aromatic rings. The van der Waals surface area contributed by atoms with E-state index in [9.17, 15) is 0 Å². The van der Waals surface area contributed by atoms with Crippen molar-refractivity contribution in [3.05, 3.63) is 54.1 Å². The van der Waals surface area contributed by atoms with Crippen molar-refractivity contribution in [2.45, 2.75) is 25.2 Å². The summed E-state index contributed by atoms with van der Waals surface area (Å²) in [6.45, 7) is 2.23. The highest BCUT2D eigenvalue weighted by atomic mass is 16.5. The molecule has 1 unspecified atom stereocenters. The van der Waals surface area contributed by atoms with Crippen LogP contribution in [0.5, 0.6) is 5.75 Å². The smallest absolute Gasteiger partial charge is 0.122 e. The molecule has 1 aliphatic rings. The summed E-state index contributed by atoms with van der Waals surface area (Å²) in [5.74, 6) is 0.990. The van der Waals surface area contributed by atoms with E-state index in [1.54, 1.807) is 7.11 Å². The minimum absolute atomic E-state index is 0.112. The predicted octanol–water partition coefficient (Wildman–Crippen LogP) is 3.86. The number of para-hydroxylation sites is 1. The molecular weight excluding hydrogens is 196 g/mol. The minimum Gasteiger partial charge on any atom is -0.496 e. The van der Waals surface area contributed by atoms with Crippen molar-refractivity contribution in [2.75, 3.05) is 7.11 Å². The molecule has 0 aliphatic heterocycles. The summed E-state index contributed by atoms with van der Waals surface area (Å²) >= 11 is 0. The maximum atomic E-state index is 5.47. The lowest BCUT2D eigenvalue weighted by Crippen LogP contribution is -2.23. The van der Waals surface area contributed by atoms with Crippen LogP contribution in [0.25, 0.3) is 0 Å². The minimum atomic E-state index is 0.112. The van der Waals surface area contributed by atoms with Crippen LogP contribution in [0, 0.1) is 0 Å². The van der Waals surface area contributed by atoms with Gasteiger partial charge >= 0.3 is 0 Å². The Morgan fingerprint density at radius 3 is 2.69 bits per heavy atom. The van der Waals surface area contributed by atoms with E-state index in [1.165, 1.54) is 5.56 Å². The molecular formula is C15H18O. The summed E-state index contributed by atoms with van der Waals surface area (Å²) in [7, 11) is 1.74. The lowest BCUT2D eigenvalue weighted by atomic mass is 9.73. The van der Waals surface area contributed by atoms with Crippen molar-refractivity contribution in [3.63, 3.8) is 0 Å². The van der Waals surface area contributed by atoms with Crippen LogP contribution in [-0.4, -0.2) is 7.11 Å². The Hall–Kier alpha value is -1.50. The van der Waals surface area contributed by atoms with E-state index >= 15 is 0 Å². The predicted molar refractivity (Wildman–Crippen MR) is 67.9 cm³/mol. The van der Waals surface area contributed by atoms with Crippen molar-refractivity contribution in [2.24, 2.45) is 0 Å². The van der Waals surface area contributed by atoms with Crippen molar-refractivity contribution in [3.8, 4) is 5.75 Å². The van der Waals surface area contributed by atoms with Gasteiger partial charge in [-0.2, -0.15) is 0 Å². The number of hydrogen-bond acceptors (Lipinski definition) is 1. The second kappa shape index (κ2) is 4.56. The van der Waals surface area contributed by atoms with E-state index in [2.05, 4.69) is 43.4 Å². The summed E-state index contributed by atoms with van der Waals surface area (Å²) < 4.78 is 5.47. The fraction of sp³-hybridized carbons (Fsp3) is 0.333. The average molecular weight is 214 g/mol. The molecule has 0 N–H and O–H groups in total. The molecule has 84 valence electrons. The first kappa shape index (κ1) is 11.0. The third kappa shape index (κ3) is 1.78. The first-order valence-electron chi connectivity index (χ1n) is 5.80. The number of methoxy groups -OCH3 is 1. The maximum absolute atomic E-state index is 5.47. The van der Waals surface area contributed by atoms with E-state index in [0.717, 1.165) is 18.6 Å². The van der Waals surface area contributed by atoms with Gasteiger partial charge in [0, 0.05) is 11.0 Å². The highest BCUT2D eigenvalue weighted by Crippen LogP contribution is 2.40. The molecule has 0 amide bonds. The van der Waals surface area contributed by atoms with Gasteiger partial charge in [-0.15, -0.1) is 0 Å². The maximum Gasteiger partial charge on any atom is 0.122 e. The van der Waals surface area contributed by atoms with Crippen LogP contribution < -0.4 is 4.74 Å². The lowest BCUT2D eigenvalue weighted by Gasteiger charge is -2.32. The summed E-state index contributed by atoms with van der Waals surface area (Å²) in [5, 5.41) is 0. The zero-order valence-electron chi connectivity index (χ0n) is 9.94. The summed E-state index contributed by atoms with van der Waals surface area (Å²) in [4.78, 5) is 0. The summed E-state index contributed by atoms with van der Waals surface area (Å²) in [6.07, 6.45) is 10.9. The van der Waals surface area contributed by atoms with Gasteiger partial charge < -0.3 is 4.74 Å². The molecule has 1 aliphatic carbocycles. The van der Waals surface area contributed by atoms with Gasteiger partial charge in [0.2, 0.25) is 0 Å². The molecule has 0 saturated carbocycles. The highest BCUT2D eigenvalue weighted by Gasteiger charge is 2.29. The van der Waals surface area contributed by atoms with E-state index < -0.39 is 0 Å². The molecule has 1 aromatic carbocycles. The highest BCUT2D eigenvalue weighted by molar-refractivity contribution is 5.44. The number of allylic oxidation sites excluding steroid dienone is 4. The van der Waals surface area contributed by atoms with Crippen molar-refractivity contribution in [1.82, 2.24) is 0 Å². The molecule has 16 heavy (non-hydrogen) atoms. The summed E-state index contributed by atoms with van der Waals surface area (Å²) in [5.41, 5.74) is 1.40. The summed E-state index contributed by atoms with van der Waals surface area (Å²) in [6, 6.07) is 8.32. The van der Waals surface area contributed by atoms with Crippen LogP contribution in [0.1, 0.15) is 25.3 Å². The Kier molecular flexibility index (Phi) is 3.14. The fourth-order valence-electron chi connectivity index (χ4n) is 2.37. The Bertz CT molecular complexity index is 417. The third-order valence-corrected chi connectivity index (χ3v) is 3.42. The SMILES string of the molecule is CCC1(c2ccccc2OC)C=CC=CC1. The molecule has 2 rings (SSSR count).